The van der Waals surface area contributed by atoms with Crippen LogP contribution in [0.5, 0.6) is 5.75 Å². The van der Waals surface area contributed by atoms with E-state index in [0.29, 0.717) is 11.2 Å². The van der Waals surface area contributed by atoms with Gasteiger partial charge in [-0.1, -0.05) is 13.8 Å². The maximum absolute atomic E-state index is 12.8. The van der Waals surface area contributed by atoms with Crippen LogP contribution in [0.3, 0.4) is 0 Å². The molecule has 3 N–H and O–H groups in total. The topological polar surface area (TPSA) is 115 Å². The number of phenols is 1. The number of carbonyl (C=O) groups is 1. The highest BCUT2D eigenvalue weighted by molar-refractivity contribution is 5.93. The molecule has 1 fully saturated rings. The first-order chi connectivity index (χ1) is 18.5. The van der Waals surface area contributed by atoms with Crippen molar-refractivity contribution in [1.29, 1.82) is 0 Å². The van der Waals surface area contributed by atoms with E-state index in [2.05, 4.69) is 37.2 Å². The van der Waals surface area contributed by atoms with E-state index in [9.17, 15) is 23.1 Å². The molecular formula is C26H29F3N8O2. The van der Waals surface area contributed by atoms with E-state index in [4.69, 9.17) is 0 Å². The van der Waals surface area contributed by atoms with Gasteiger partial charge >= 0.3 is 6.18 Å². The van der Waals surface area contributed by atoms with E-state index in [1.807, 2.05) is 31.3 Å². The molecule has 3 heterocycles. The molecule has 0 unspecified atom stereocenters. The first-order valence-corrected chi connectivity index (χ1v) is 12.6. The fraction of sp³-hybridized carbons (Fsp3) is 0.385. The summed E-state index contributed by atoms with van der Waals surface area (Å²) in [5, 5.41) is 28.8. The van der Waals surface area contributed by atoms with E-state index in [1.54, 1.807) is 18.2 Å². The van der Waals surface area contributed by atoms with Crippen LogP contribution < -0.4 is 10.2 Å². The van der Waals surface area contributed by atoms with E-state index >= 15 is 0 Å². The van der Waals surface area contributed by atoms with E-state index in [1.165, 1.54) is 10.6 Å². The van der Waals surface area contributed by atoms with Crippen LogP contribution in [-0.2, 0) is 0 Å². The quantitative estimate of drug-likeness (QED) is 0.341. The van der Waals surface area contributed by atoms with Crippen molar-refractivity contribution in [2.75, 3.05) is 44.7 Å². The van der Waals surface area contributed by atoms with Crippen molar-refractivity contribution in [2.24, 2.45) is 0 Å². The molecule has 13 heteroatoms. The van der Waals surface area contributed by atoms with Crippen molar-refractivity contribution in [1.82, 2.24) is 35.2 Å². The van der Waals surface area contributed by atoms with Gasteiger partial charge in [0.1, 0.15) is 12.3 Å². The fourth-order valence-corrected chi connectivity index (χ4v) is 4.67. The maximum Gasteiger partial charge on any atom is 0.405 e. The molecule has 1 amide bonds. The number of aromatic nitrogens is 5. The van der Waals surface area contributed by atoms with Crippen LogP contribution >= 0.6 is 0 Å². The van der Waals surface area contributed by atoms with Gasteiger partial charge in [0.2, 0.25) is 5.82 Å². The Kier molecular flexibility index (Phi) is 6.93. The molecule has 1 aliphatic rings. The van der Waals surface area contributed by atoms with Gasteiger partial charge in [0.25, 0.3) is 5.91 Å². The molecule has 5 rings (SSSR count). The SMILES string of the molecule is CC(C)c1[nH]nc2cc(O)c(-c3nnc(C(=O)NCC(F)(F)F)n3-c3ccc(N4CCN(C)CC4)cc3)cc12. The molecule has 10 nitrogen and oxygen atoms in total. The average Bonchev–Trinajstić information content (AvgIpc) is 3.51. The van der Waals surface area contributed by atoms with Gasteiger partial charge in [-0.15, -0.1) is 10.2 Å². The number of hydrogen-bond donors (Lipinski definition) is 3. The highest BCUT2D eigenvalue weighted by Crippen LogP contribution is 2.36. The number of amides is 1. The van der Waals surface area contributed by atoms with Gasteiger partial charge in [0.15, 0.2) is 5.82 Å². The number of nitrogens with zero attached hydrogens (tertiary/aromatic N) is 6. The normalized spacial score (nSPS) is 14.9. The number of phenolic OH excluding ortho intramolecular Hbond substituents is 1. The summed E-state index contributed by atoms with van der Waals surface area (Å²) in [4.78, 5) is 17.3. The number of fused-ring (bicyclic) bond motifs is 1. The van der Waals surface area contributed by atoms with Gasteiger partial charge in [0.05, 0.1) is 11.1 Å². The highest BCUT2D eigenvalue weighted by Gasteiger charge is 2.30. The average molecular weight is 543 g/mol. The molecule has 0 radical (unpaired) electrons. The summed E-state index contributed by atoms with van der Waals surface area (Å²) in [6.45, 7) is 6.04. The van der Waals surface area contributed by atoms with Crippen molar-refractivity contribution in [3.05, 3.63) is 47.9 Å². The summed E-state index contributed by atoms with van der Waals surface area (Å²) < 4.78 is 39.9. The standard InChI is InChI=1S/C26H29F3N8O2/c1-15(2)22-18-12-19(21(38)13-20(18)31-32-22)23-33-34-24(25(39)30-14-26(27,28)29)37(23)17-6-4-16(5-7-17)36-10-8-35(3)9-11-36/h4-7,12-13,15,38H,8-11,14H2,1-3H3,(H,30,39)(H,31,32). The van der Waals surface area contributed by atoms with E-state index in [-0.39, 0.29) is 28.9 Å². The number of likely N-dealkylation sites (N-methyl/N-ethyl adjacent to an activating group) is 1. The Morgan fingerprint density at radius 1 is 1.08 bits per heavy atom. The van der Waals surface area contributed by atoms with Crippen molar-refractivity contribution >= 4 is 22.5 Å². The van der Waals surface area contributed by atoms with Crippen LogP contribution in [0.2, 0.25) is 0 Å². The summed E-state index contributed by atoms with van der Waals surface area (Å²) in [7, 11) is 2.07. The molecule has 0 bridgehead atoms. The summed E-state index contributed by atoms with van der Waals surface area (Å²) in [5.41, 5.74) is 3.09. The van der Waals surface area contributed by atoms with Crippen LogP contribution in [0.15, 0.2) is 36.4 Å². The third kappa shape index (κ3) is 5.39. The number of benzene rings is 2. The van der Waals surface area contributed by atoms with Crippen LogP contribution in [0.4, 0.5) is 18.9 Å². The molecule has 1 saturated heterocycles. The number of halogens is 3. The first-order valence-electron chi connectivity index (χ1n) is 12.6. The number of hydrogen-bond acceptors (Lipinski definition) is 7. The number of H-pyrrole nitrogens is 1. The van der Waals surface area contributed by atoms with Crippen LogP contribution in [0, 0.1) is 0 Å². The van der Waals surface area contributed by atoms with Gasteiger partial charge in [-0.3, -0.25) is 14.5 Å². The molecule has 4 aromatic rings. The minimum atomic E-state index is -4.59. The number of carbonyl (C=O) groups excluding carboxylic acids is 1. The number of nitrogens with one attached hydrogen (secondary N) is 2. The Labute approximate surface area is 222 Å². The molecule has 1 aliphatic heterocycles. The lowest BCUT2D eigenvalue weighted by molar-refractivity contribution is -0.123. The molecule has 2 aromatic heterocycles. The van der Waals surface area contributed by atoms with Crippen LogP contribution in [0.25, 0.3) is 28.0 Å². The third-order valence-electron chi connectivity index (χ3n) is 6.81. The lowest BCUT2D eigenvalue weighted by atomic mass is 10.0. The number of rotatable bonds is 6. The Hall–Kier alpha value is -4.13. The molecule has 0 aliphatic carbocycles. The first kappa shape index (κ1) is 26.5. The van der Waals surface area contributed by atoms with Gasteiger partial charge in [-0.2, -0.15) is 18.3 Å². The van der Waals surface area contributed by atoms with Gasteiger partial charge in [0, 0.05) is 54.7 Å². The predicted molar refractivity (Wildman–Crippen MR) is 140 cm³/mol. The minimum Gasteiger partial charge on any atom is -0.507 e. The van der Waals surface area contributed by atoms with Gasteiger partial charge in [-0.05, 0) is 43.3 Å². The Morgan fingerprint density at radius 2 is 1.74 bits per heavy atom. The molecular weight excluding hydrogens is 513 g/mol. The number of piperazine rings is 1. The Bertz CT molecular complexity index is 1490. The second-order valence-electron chi connectivity index (χ2n) is 9.97. The van der Waals surface area contributed by atoms with E-state index < -0.39 is 18.6 Å². The van der Waals surface area contributed by atoms with Crippen molar-refractivity contribution in [3.8, 4) is 22.8 Å². The molecule has 0 spiro atoms. The zero-order chi connectivity index (χ0) is 27.9. The summed E-state index contributed by atoms with van der Waals surface area (Å²) >= 11 is 0. The predicted octanol–water partition coefficient (Wildman–Crippen LogP) is 3.68. The lowest BCUT2D eigenvalue weighted by Crippen LogP contribution is -2.44. The smallest absolute Gasteiger partial charge is 0.405 e. The Morgan fingerprint density at radius 3 is 2.38 bits per heavy atom. The zero-order valence-corrected chi connectivity index (χ0v) is 21.7. The monoisotopic (exact) mass is 542 g/mol. The van der Waals surface area contributed by atoms with Gasteiger partial charge < -0.3 is 20.2 Å². The largest absolute Gasteiger partial charge is 0.507 e. The fourth-order valence-electron chi connectivity index (χ4n) is 4.67. The molecule has 2 aromatic carbocycles. The van der Waals surface area contributed by atoms with E-state index in [0.717, 1.165) is 42.9 Å². The molecule has 206 valence electrons. The number of anilines is 1. The highest BCUT2D eigenvalue weighted by atomic mass is 19.4. The zero-order valence-electron chi connectivity index (χ0n) is 21.7. The minimum absolute atomic E-state index is 0.106. The maximum atomic E-state index is 12.8. The summed E-state index contributed by atoms with van der Waals surface area (Å²) in [5.74, 6) is -1.32. The van der Waals surface area contributed by atoms with Crippen molar-refractivity contribution in [2.45, 2.75) is 25.9 Å². The number of alkyl halides is 3. The Balaban J connectivity index is 1.59. The molecule has 0 atom stereocenters. The molecule has 0 saturated carbocycles. The second kappa shape index (κ2) is 10.2. The summed E-state index contributed by atoms with van der Waals surface area (Å²) in [6, 6.07) is 10.5. The van der Waals surface area contributed by atoms with Crippen molar-refractivity contribution < 1.29 is 23.1 Å². The van der Waals surface area contributed by atoms with Crippen LogP contribution in [0.1, 0.15) is 36.1 Å². The molecule has 39 heavy (non-hydrogen) atoms. The number of aromatic amines is 1. The summed E-state index contributed by atoms with van der Waals surface area (Å²) in [6.07, 6.45) is -4.59. The number of aromatic hydroxyl groups is 1. The lowest BCUT2D eigenvalue weighted by Gasteiger charge is -2.34. The van der Waals surface area contributed by atoms with Crippen LogP contribution in [-0.4, -0.2) is 86.8 Å². The van der Waals surface area contributed by atoms with Crippen molar-refractivity contribution in [3.63, 3.8) is 0 Å². The second-order valence-corrected chi connectivity index (χ2v) is 9.97. The van der Waals surface area contributed by atoms with Gasteiger partial charge in [-0.25, -0.2) is 0 Å². The third-order valence-corrected chi connectivity index (χ3v) is 6.81.